The lowest BCUT2D eigenvalue weighted by Gasteiger charge is -1.96. The summed E-state index contributed by atoms with van der Waals surface area (Å²) in [6, 6.07) is 5.63. The molecule has 1 heterocycles. The minimum Gasteiger partial charge on any atom is -0.494 e. The van der Waals surface area contributed by atoms with Crippen LogP contribution in [0, 0.1) is 0 Å². The van der Waals surface area contributed by atoms with Crippen molar-refractivity contribution >= 4 is 28.7 Å². The number of aliphatic imine (C=N–C) groups is 1. The van der Waals surface area contributed by atoms with Crippen molar-refractivity contribution in [1.29, 1.82) is 0 Å². The molecule has 1 aromatic heterocycles. The van der Waals surface area contributed by atoms with Crippen molar-refractivity contribution in [3.8, 4) is 5.88 Å². The van der Waals surface area contributed by atoms with Gasteiger partial charge in [0.05, 0.1) is 5.56 Å². The van der Waals surface area contributed by atoms with Crippen molar-refractivity contribution in [2.45, 2.75) is 19.9 Å². The van der Waals surface area contributed by atoms with E-state index in [2.05, 4.69) is 9.98 Å². The summed E-state index contributed by atoms with van der Waals surface area (Å²) in [5.74, 6) is 0.127. The molecule has 0 amide bonds. The van der Waals surface area contributed by atoms with Gasteiger partial charge in [0.1, 0.15) is 0 Å². The van der Waals surface area contributed by atoms with Crippen molar-refractivity contribution in [2.24, 2.45) is 4.99 Å². The monoisotopic (exact) mass is 236 g/mol. The van der Waals surface area contributed by atoms with Gasteiger partial charge in [-0.05, 0) is 32.0 Å². The molecule has 2 rings (SSSR count). The van der Waals surface area contributed by atoms with Crippen LogP contribution in [-0.4, -0.2) is 22.3 Å². The summed E-state index contributed by atoms with van der Waals surface area (Å²) in [6.45, 7) is 3.96. The Bertz CT molecular complexity index is 543. The molecule has 0 atom stereocenters. The Balaban J connectivity index is 2.58. The Kier molecular flexibility index (Phi) is 2.88. The summed E-state index contributed by atoms with van der Waals surface area (Å²) in [7, 11) is 0. The van der Waals surface area contributed by atoms with Gasteiger partial charge in [0.2, 0.25) is 0 Å². The van der Waals surface area contributed by atoms with E-state index in [1.165, 1.54) is 0 Å². The lowest BCUT2D eigenvalue weighted by atomic mass is 10.2. The first kappa shape index (κ1) is 11.0. The number of halogens is 1. The van der Waals surface area contributed by atoms with Crippen LogP contribution in [0.5, 0.6) is 5.88 Å². The van der Waals surface area contributed by atoms with Gasteiger partial charge in [-0.15, -0.1) is 0 Å². The summed E-state index contributed by atoms with van der Waals surface area (Å²) < 4.78 is 0. The number of aromatic amines is 1. The third-order valence-electron chi connectivity index (χ3n) is 2.28. The minimum absolute atomic E-state index is 0.127. The van der Waals surface area contributed by atoms with E-state index in [0.717, 1.165) is 10.9 Å². The van der Waals surface area contributed by atoms with Gasteiger partial charge in [-0.1, -0.05) is 11.6 Å². The van der Waals surface area contributed by atoms with Crippen LogP contribution in [0.25, 0.3) is 10.9 Å². The van der Waals surface area contributed by atoms with E-state index >= 15 is 0 Å². The number of nitrogens with one attached hydrogen (secondary N) is 1. The number of rotatable bonds is 2. The number of benzene rings is 1. The van der Waals surface area contributed by atoms with Gasteiger partial charge in [0.15, 0.2) is 5.88 Å². The zero-order valence-corrected chi connectivity index (χ0v) is 9.92. The van der Waals surface area contributed by atoms with Crippen LogP contribution in [0.1, 0.15) is 19.4 Å². The molecule has 0 saturated heterocycles. The topological polar surface area (TPSA) is 48.4 Å². The van der Waals surface area contributed by atoms with Gasteiger partial charge >= 0.3 is 0 Å². The van der Waals surface area contributed by atoms with E-state index in [1.54, 1.807) is 12.3 Å². The average Bonchev–Trinajstić information content (AvgIpc) is 2.51. The molecule has 1 aromatic carbocycles. The maximum atomic E-state index is 9.75. The van der Waals surface area contributed by atoms with Crippen molar-refractivity contribution < 1.29 is 5.11 Å². The smallest absolute Gasteiger partial charge is 0.198 e. The van der Waals surface area contributed by atoms with Crippen molar-refractivity contribution in [2.75, 3.05) is 0 Å². The number of aromatic hydroxyl groups is 1. The third kappa shape index (κ3) is 2.04. The molecule has 0 fully saturated rings. The standard InChI is InChI=1S/C12H13ClN2O/c1-7(2)14-6-10-9-5-8(13)3-4-11(9)15-12(10)16/h3-7,15-16H,1-2H3. The molecule has 3 nitrogen and oxygen atoms in total. The highest BCUT2D eigenvalue weighted by Crippen LogP contribution is 2.28. The Morgan fingerprint density at radius 3 is 2.88 bits per heavy atom. The van der Waals surface area contributed by atoms with Crippen molar-refractivity contribution in [1.82, 2.24) is 4.98 Å². The Morgan fingerprint density at radius 2 is 2.19 bits per heavy atom. The predicted molar refractivity (Wildman–Crippen MR) is 67.7 cm³/mol. The molecular formula is C12H13ClN2O. The minimum atomic E-state index is 0.127. The van der Waals surface area contributed by atoms with Gasteiger partial charge < -0.3 is 10.1 Å². The van der Waals surface area contributed by atoms with E-state index in [9.17, 15) is 5.11 Å². The molecule has 2 aromatic rings. The first-order valence-electron chi connectivity index (χ1n) is 5.11. The maximum Gasteiger partial charge on any atom is 0.198 e. The largest absolute Gasteiger partial charge is 0.494 e. The number of hydrogen-bond acceptors (Lipinski definition) is 2. The molecule has 0 aliphatic heterocycles. The molecular weight excluding hydrogens is 224 g/mol. The molecule has 0 bridgehead atoms. The quantitative estimate of drug-likeness (QED) is 0.772. The van der Waals surface area contributed by atoms with Crippen LogP contribution in [-0.2, 0) is 0 Å². The Labute approximate surface area is 98.8 Å². The van der Waals surface area contributed by atoms with Gasteiger partial charge in [0.25, 0.3) is 0 Å². The second-order valence-electron chi connectivity index (χ2n) is 3.95. The van der Waals surface area contributed by atoms with Gasteiger partial charge in [-0.3, -0.25) is 4.99 Å². The van der Waals surface area contributed by atoms with E-state index in [0.29, 0.717) is 10.6 Å². The average molecular weight is 237 g/mol. The lowest BCUT2D eigenvalue weighted by molar-refractivity contribution is 0.457. The first-order valence-corrected chi connectivity index (χ1v) is 5.49. The fraction of sp³-hybridized carbons (Fsp3) is 0.250. The van der Waals surface area contributed by atoms with Crippen LogP contribution >= 0.6 is 11.6 Å². The van der Waals surface area contributed by atoms with E-state index in [-0.39, 0.29) is 11.9 Å². The second kappa shape index (κ2) is 4.18. The maximum absolute atomic E-state index is 9.75. The fourth-order valence-corrected chi connectivity index (χ4v) is 1.70. The predicted octanol–water partition coefficient (Wildman–Crippen LogP) is 3.35. The van der Waals surface area contributed by atoms with Crippen molar-refractivity contribution in [3.63, 3.8) is 0 Å². The normalized spacial score (nSPS) is 12.0. The summed E-state index contributed by atoms with van der Waals surface area (Å²) in [6.07, 6.45) is 1.68. The van der Waals surface area contributed by atoms with Crippen LogP contribution in [0.15, 0.2) is 23.2 Å². The molecule has 84 valence electrons. The molecule has 0 radical (unpaired) electrons. The molecule has 16 heavy (non-hydrogen) atoms. The van der Waals surface area contributed by atoms with Crippen LogP contribution < -0.4 is 0 Å². The van der Waals surface area contributed by atoms with E-state index in [4.69, 9.17) is 11.6 Å². The van der Waals surface area contributed by atoms with Crippen LogP contribution in [0.2, 0.25) is 5.02 Å². The number of fused-ring (bicyclic) bond motifs is 1. The SMILES string of the molecule is CC(C)N=Cc1c(O)[nH]c2ccc(Cl)cc12. The van der Waals surface area contributed by atoms with Gasteiger partial charge in [-0.2, -0.15) is 0 Å². The highest BCUT2D eigenvalue weighted by molar-refractivity contribution is 6.31. The van der Waals surface area contributed by atoms with Gasteiger partial charge in [-0.25, -0.2) is 0 Å². The fourth-order valence-electron chi connectivity index (χ4n) is 1.53. The van der Waals surface area contributed by atoms with Crippen molar-refractivity contribution in [3.05, 3.63) is 28.8 Å². The van der Waals surface area contributed by atoms with E-state index < -0.39 is 0 Å². The molecule has 0 aliphatic rings. The molecule has 0 saturated carbocycles. The number of aromatic nitrogens is 1. The Hall–Kier alpha value is -1.48. The lowest BCUT2D eigenvalue weighted by Crippen LogP contribution is -1.89. The summed E-state index contributed by atoms with van der Waals surface area (Å²) in [4.78, 5) is 7.14. The molecule has 4 heteroatoms. The molecule has 0 spiro atoms. The number of nitrogens with zero attached hydrogens (tertiary/aromatic N) is 1. The van der Waals surface area contributed by atoms with E-state index in [1.807, 2.05) is 26.0 Å². The highest BCUT2D eigenvalue weighted by Gasteiger charge is 2.08. The Morgan fingerprint density at radius 1 is 1.44 bits per heavy atom. The van der Waals surface area contributed by atoms with Crippen LogP contribution in [0.4, 0.5) is 0 Å². The zero-order chi connectivity index (χ0) is 11.7. The number of hydrogen-bond donors (Lipinski definition) is 2. The zero-order valence-electron chi connectivity index (χ0n) is 9.16. The molecule has 2 N–H and O–H groups in total. The summed E-state index contributed by atoms with van der Waals surface area (Å²) in [5, 5.41) is 11.3. The van der Waals surface area contributed by atoms with Gasteiger partial charge in [0, 0.05) is 28.2 Å². The highest BCUT2D eigenvalue weighted by atomic mass is 35.5. The summed E-state index contributed by atoms with van der Waals surface area (Å²) in [5.41, 5.74) is 1.54. The summed E-state index contributed by atoms with van der Waals surface area (Å²) >= 11 is 5.92. The first-order chi connectivity index (χ1) is 7.58. The van der Waals surface area contributed by atoms with Crippen LogP contribution in [0.3, 0.4) is 0 Å². The third-order valence-corrected chi connectivity index (χ3v) is 2.52. The number of H-pyrrole nitrogens is 1. The second-order valence-corrected chi connectivity index (χ2v) is 4.39. The molecule has 0 aliphatic carbocycles. The molecule has 0 unspecified atom stereocenters.